The zero-order valence-corrected chi connectivity index (χ0v) is 10.6. The Morgan fingerprint density at radius 1 is 1.42 bits per heavy atom. The standard InChI is InChI=1S/C12H17N3O4/c1-8(16)15-9-2-3-11(10(17)6-9)19-7-12(18)14-5-4-13/h2-3,6,17H,4-5,7,13H2,1H3,(H,14,18)(H,15,16). The number of ether oxygens (including phenoxy) is 1. The molecule has 0 saturated heterocycles. The number of nitrogens with two attached hydrogens (primary N) is 1. The lowest BCUT2D eigenvalue weighted by Crippen LogP contribution is -2.32. The van der Waals surface area contributed by atoms with E-state index in [9.17, 15) is 14.7 Å². The Labute approximate surface area is 110 Å². The molecule has 1 aromatic carbocycles. The number of nitrogens with one attached hydrogen (secondary N) is 2. The molecule has 0 aliphatic carbocycles. The van der Waals surface area contributed by atoms with Crippen LogP contribution >= 0.6 is 0 Å². The maximum Gasteiger partial charge on any atom is 0.257 e. The Morgan fingerprint density at radius 3 is 2.74 bits per heavy atom. The lowest BCUT2D eigenvalue weighted by atomic mass is 10.2. The average Bonchev–Trinajstić information content (AvgIpc) is 2.34. The molecule has 2 amide bonds. The smallest absolute Gasteiger partial charge is 0.257 e. The van der Waals surface area contributed by atoms with Crippen molar-refractivity contribution in [2.45, 2.75) is 6.92 Å². The maximum absolute atomic E-state index is 11.3. The molecule has 0 spiro atoms. The van der Waals surface area contributed by atoms with E-state index in [2.05, 4.69) is 10.6 Å². The van der Waals surface area contributed by atoms with Crippen LogP contribution in [0.1, 0.15) is 6.92 Å². The zero-order valence-electron chi connectivity index (χ0n) is 10.6. The van der Waals surface area contributed by atoms with Gasteiger partial charge in [-0.15, -0.1) is 0 Å². The summed E-state index contributed by atoms with van der Waals surface area (Å²) in [5.41, 5.74) is 5.68. The molecule has 0 unspecified atom stereocenters. The van der Waals surface area contributed by atoms with Crippen LogP contribution in [0.3, 0.4) is 0 Å². The Hall–Kier alpha value is -2.28. The summed E-state index contributed by atoms with van der Waals surface area (Å²) < 4.78 is 5.14. The predicted octanol–water partition coefficient (Wildman–Crippen LogP) is -0.196. The molecule has 0 aromatic heterocycles. The molecule has 0 bridgehead atoms. The molecular weight excluding hydrogens is 250 g/mol. The lowest BCUT2D eigenvalue weighted by Gasteiger charge is -2.09. The normalized spacial score (nSPS) is 9.79. The van der Waals surface area contributed by atoms with E-state index in [1.54, 1.807) is 6.07 Å². The number of carbonyl (C=O) groups excluding carboxylic acids is 2. The van der Waals surface area contributed by atoms with Crippen molar-refractivity contribution in [1.82, 2.24) is 5.32 Å². The third-order valence-corrected chi connectivity index (χ3v) is 2.10. The number of rotatable bonds is 6. The van der Waals surface area contributed by atoms with E-state index in [0.29, 0.717) is 18.8 Å². The number of aromatic hydroxyl groups is 1. The Bertz CT molecular complexity index is 462. The third-order valence-electron chi connectivity index (χ3n) is 2.10. The fourth-order valence-corrected chi connectivity index (χ4v) is 1.33. The van der Waals surface area contributed by atoms with Gasteiger partial charge in [-0.25, -0.2) is 0 Å². The van der Waals surface area contributed by atoms with Gasteiger partial charge in [0, 0.05) is 31.8 Å². The van der Waals surface area contributed by atoms with Gasteiger partial charge in [-0.05, 0) is 12.1 Å². The molecule has 0 heterocycles. The molecule has 104 valence electrons. The van der Waals surface area contributed by atoms with E-state index in [-0.39, 0.29) is 29.9 Å². The molecule has 19 heavy (non-hydrogen) atoms. The van der Waals surface area contributed by atoms with E-state index in [4.69, 9.17) is 10.5 Å². The first kappa shape index (κ1) is 14.8. The van der Waals surface area contributed by atoms with Gasteiger partial charge in [0.1, 0.15) is 0 Å². The van der Waals surface area contributed by atoms with Crippen molar-refractivity contribution in [3.63, 3.8) is 0 Å². The minimum atomic E-state index is -0.323. The number of benzene rings is 1. The fourth-order valence-electron chi connectivity index (χ4n) is 1.33. The minimum absolute atomic E-state index is 0.155. The first-order valence-electron chi connectivity index (χ1n) is 5.73. The number of hydrogen-bond acceptors (Lipinski definition) is 5. The molecular formula is C12H17N3O4. The molecule has 0 fully saturated rings. The summed E-state index contributed by atoms with van der Waals surface area (Å²) in [6.45, 7) is 1.87. The van der Waals surface area contributed by atoms with Gasteiger partial charge in [-0.2, -0.15) is 0 Å². The van der Waals surface area contributed by atoms with Gasteiger partial charge < -0.3 is 26.2 Å². The van der Waals surface area contributed by atoms with Gasteiger partial charge in [0.2, 0.25) is 5.91 Å². The predicted molar refractivity (Wildman–Crippen MR) is 70.0 cm³/mol. The molecule has 5 N–H and O–H groups in total. The number of hydrogen-bond donors (Lipinski definition) is 4. The summed E-state index contributed by atoms with van der Waals surface area (Å²) in [5, 5.41) is 14.7. The van der Waals surface area contributed by atoms with Crippen molar-refractivity contribution in [3.8, 4) is 11.5 Å². The van der Waals surface area contributed by atoms with Gasteiger partial charge in [-0.3, -0.25) is 9.59 Å². The Balaban J connectivity index is 2.55. The second-order valence-electron chi connectivity index (χ2n) is 3.79. The van der Waals surface area contributed by atoms with Crippen molar-refractivity contribution in [3.05, 3.63) is 18.2 Å². The van der Waals surface area contributed by atoms with Crippen LogP contribution in [0.15, 0.2) is 18.2 Å². The molecule has 0 aliphatic rings. The van der Waals surface area contributed by atoms with Crippen LogP contribution in [-0.4, -0.2) is 36.6 Å². The number of phenols is 1. The number of amides is 2. The summed E-state index contributed by atoms with van der Waals surface area (Å²) in [7, 11) is 0. The third kappa shape index (κ3) is 5.26. The van der Waals surface area contributed by atoms with E-state index in [0.717, 1.165) is 0 Å². The van der Waals surface area contributed by atoms with Crippen LogP contribution in [0.4, 0.5) is 5.69 Å². The van der Waals surface area contributed by atoms with Crippen LogP contribution in [0.25, 0.3) is 0 Å². The first-order valence-corrected chi connectivity index (χ1v) is 5.73. The number of phenolic OH excluding ortho intramolecular Hbond substituents is 1. The maximum atomic E-state index is 11.3. The van der Waals surface area contributed by atoms with Gasteiger partial charge in [0.05, 0.1) is 0 Å². The zero-order chi connectivity index (χ0) is 14.3. The summed E-state index contributed by atoms with van der Waals surface area (Å²) in [6, 6.07) is 4.37. The van der Waals surface area contributed by atoms with E-state index >= 15 is 0 Å². The van der Waals surface area contributed by atoms with Gasteiger partial charge >= 0.3 is 0 Å². The van der Waals surface area contributed by atoms with E-state index in [1.807, 2.05) is 0 Å². The first-order chi connectivity index (χ1) is 9.02. The Kier molecular flexibility index (Phi) is 5.62. The van der Waals surface area contributed by atoms with E-state index in [1.165, 1.54) is 19.1 Å². The van der Waals surface area contributed by atoms with Gasteiger partial charge in [-0.1, -0.05) is 0 Å². The van der Waals surface area contributed by atoms with E-state index < -0.39 is 0 Å². The SMILES string of the molecule is CC(=O)Nc1ccc(OCC(=O)NCCN)c(O)c1. The molecule has 7 nitrogen and oxygen atoms in total. The second kappa shape index (κ2) is 7.22. The van der Waals surface area contributed by atoms with Crippen molar-refractivity contribution in [1.29, 1.82) is 0 Å². The van der Waals surface area contributed by atoms with Gasteiger partial charge in [0.25, 0.3) is 5.91 Å². The second-order valence-corrected chi connectivity index (χ2v) is 3.79. The van der Waals surface area contributed by atoms with Crippen LogP contribution in [0.5, 0.6) is 11.5 Å². The molecule has 1 aromatic rings. The average molecular weight is 267 g/mol. The molecule has 0 saturated carbocycles. The molecule has 0 aliphatic heterocycles. The van der Waals surface area contributed by atoms with Crippen LogP contribution in [-0.2, 0) is 9.59 Å². The molecule has 7 heteroatoms. The topological polar surface area (TPSA) is 114 Å². The van der Waals surface area contributed by atoms with Gasteiger partial charge in [0.15, 0.2) is 18.1 Å². The summed E-state index contributed by atoms with van der Waals surface area (Å²) in [5.74, 6) is -0.556. The minimum Gasteiger partial charge on any atom is -0.504 e. The van der Waals surface area contributed by atoms with Crippen LogP contribution in [0, 0.1) is 0 Å². The van der Waals surface area contributed by atoms with Crippen LogP contribution in [0.2, 0.25) is 0 Å². The molecule has 0 radical (unpaired) electrons. The summed E-state index contributed by atoms with van der Waals surface area (Å²) in [6.07, 6.45) is 0. The van der Waals surface area contributed by atoms with Crippen molar-refractivity contribution in [2.24, 2.45) is 5.73 Å². The highest BCUT2D eigenvalue weighted by molar-refractivity contribution is 5.89. The van der Waals surface area contributed by atoms with Crippen molar-refractivity contribution >= 4 is 17.5 Å². The summed E-state index contributed by atoms with van der Waals surface area (Å²) >= 11 is 0. The molecule has 1 rings (SSSR count). The highest BCUT2D eigenvalue weighted by Crippen LogP contribution is 2.28. The fraction of sp³-hybridized carbons (Fsp3) is 0.333. The lowest BCUT2D eigenvalue weighted by molar-refractivity contribution is -0.123. The van der Waals surface area contributed by atoms with Crippen LogP contribution < -0.4 is 21.1 Å². The summed E-state index contributed by atoms with van der Waals surface area (Å²) in [4.78, 5) is 22.1. The monoisotopic (exact) mass is 267 g/mol. The van der Waals surface area contributed by atoms with Crippen molar-refractivity contribution < 1.29 is 19.4 Å². The largest absolute Gasteiger partial charge is 0.504 e. The molecule has 0 atom stereocenters. The quantitative estimate of drug-likeness (QED) is 0.570. The number of anilines is 1. The van der Waals surface area contributed by atoms with Crippen molar-refractivity contribution in [2.75, 3.05) is 25.0 Å². The highest BCUT2D eigenvalue weighted by Gasteiger charge is 2.07. The highest BCUT2D eigenvalue weighted by atomic mass is 16.5. The Morgan fingerprint density at radius 2 is 2.16 bits per heavy atom. The number of carbonyl (C=O) groups is 2.